The Morgan fingerprint density at radius 1 is 1.30 bits per heavy atom. The number of para-hydroxylation sites is 1. The van der Waals surface area contributed by atoms with E-state index >= 15 is 0 Å². The van der Waals surface area contributed by atoms with Crippen LogP contribution < -0.4 is 0 Å². The molecular weight excluding hydrogens is 326 g/mol. The minimum Gasteiger partial charge on any atom is -0.218 e. The van der Waals surface area contributed by atoms with Crippen molar-refractivity contribution in [3.63, 3.8) is 0 Å². The van der Waals surface area contributed by atoms with Gasteiger partial charge in [-0.05, 0) is 18.1 Å². The van der Waals surface area contributed by atoms with Crippen LogP contribution in [0, 0.1) is 5.82 Å². The summed E-state index contributed by atoms with van der Waals surface area (Å²) in [5.41, 5.74) is 0.263. The van der Waals surface area contributed by atoms with Crippen molar-refractivity contribution in [2.75, 3.05) is 0 Å². The average molecular weight is 337 g/mol. The summed E-state index contributed by atoms with van der Waals surface area (Å²) in [4.78, 5) is -0.279. The zero-order valence-corrected chi connectivity index (χ0v) is 13.0. The lowest BCUT2D eigenvalue weighted by atomic mass is 10.1. The molecule has 2 rings (SSSR count). The zero-order valence-electron chi connectivity index (χ0n) is 10.6. The Hall–Kier alpha value is -1.11. The first-order valence-electron chi connectivity index (χ1n) is 5.71. The number of nitrogens with zero attached hydrogens (tertiary/aromatic N) is 2. The van der Waals surface area contributed by atoms with Crippen molar-refractivity contribution in [2.24, 2.45) is 0 Å². The lowest BCUT2D eigenvalue weighted by molar-refractivity contribution is 0.607. The highest BCUT2D eigenvalue weighted by atomic mass is 35.7. The van der Waals surface area contributed by atoms with E-state index in [4.69, 9.17) is 22.3 Å². The molecule has 4 nitrogen and oxygen atoms in total. The number of benzene rings is 1. The highest BCUT2D eigenvalue weighted by molar-refractivity contribution is 8.13. The standard InChI is InChI=1S/C12H11Cl2FN2O2S/c1-7(2)10-11(20(14,18)19)12(13)17(16-10)9-6-4-3-5-8(9)15/h3-7H,1-2H3. The van der Waals surface area contributed by atoms with Gasteiger partial charge in [-0.2, -0.15) is 5.10 Å². The maximum atomic E-state index is 13.8. The number of hydrogen-bond donors (Lipinski definition) is 0. The largest absolute Gasteiger partial charge is 0.266 e. The normalized spacial score (nSPS) is 12.1. The number of hydrogen-bond acceptors (Lipinski definition) is 3. The first-order valence-corrected chi connectivity index (χ1v) is 8.40. The molecule has 0 saturated heterocycles. The Balaban J connectivity index is 2.79. The van der Waals surface area contributed by atoms with Crippen molar-refractivity contribution in [3.05, 3.63) is 40.9 Å². The molecule has 0 saturated carbocycles. The molecule has 0 amide bonds. The van der Waals surface area contributed by atoms with Gasteiger partial charge in [0.25, 0.3) is 9.05 Å². The van der Waals surface area contributed by atoms with E-state index < -0.39 is 14.9 Å². The summed E-state index contributed by atoms with van der Waals surface area (Å²) in [6.45, 7) is 3.49. The van der Waals surface area contributed by atoms with Gasteiger partial charge < -0.3 is 0 Å². The van der Waals surface area contributed by atoms with Crippen LogP contribution >= 0.6 is 22.3 Å². The van der Waals surface area contributed by atoms with Crippen molar-refractivity contribution in [1.82, 2.24) is 9.78 Å². The quantitative estimate of drug-likeness (QED) is 0.802. The molecular formula is C12H11Cl2FN2O2S. The molecule has 0 bridgehead atoms. The molecule has 0 unspecified atom stereocenters. The van der Waals surface area contributed by atoms with Gasteiger partial charge in [0.15, 0.2) is 5.15 Å². The Bertz CT molecular complexity index is 757. The third-order valence-corrected chi connectivity index (χ3v) is 4.50. The van der Waals surface area contributed by atoms with Gasteiger partial charge in [-0.3, -0.25) is 0 Å². The summed E-state index contributed by atoms with van der Waals surface area (Å²) >= 11 is 6.03. The molecule has 0 radical (unpaired) electrons. The van der Waals surface area contributed by atoms with Crippen molar-refractivity contribution in [1.29, 1.82) is 0 Å². The van der Waals surface area contributed by atoms with Crippen LogP contribution in [0.25, 0.3) is 5.69 Å². The number of aromatic nitrogens is 2. The molecule has 1 heterocycles. The fourth-order valence-electron chi connectivity index (χ4n) is 1.79. The minimum absolute atomic E-state index is 0.0611. The lowest BCUT2D eigenvalue weighted by Crippen LogP contribution is -2.00. The van der Waals surface area contributed by atoms with Gasteiger partial charge in [0.05, 0.1) is 5.69 Å². The van der Waals surface area contributed by atoms with Crippen LogP contribution in [0.3, 0.4) is 0 Å². The summed E-state index contributed by atoms with van der Waals surface area (Å²) in [7, 11) is 1.32. The van der Waals surface area contributed by atoms with Crippen LogP contribution in [-0.2, 0) is 9.05 Å². The van der Waals surface area contributed by atoms with Crippen LogP contribution in [0.2, 0.25) is 5.15 Å². The summed E-state index contributed by atoms with van der Waals surface area (Å²) in [6, 6.07) is 5.79. The number of halogens is 3. The summed E-state index contributed by atoms with van der Waals surface area (Å²) in [6.07, 6.45) is 0. The van der Waals surface area contributed by atoms with E-state index in [-0.39, 0.29) is 27.3 Å². The van der Waals surface area contributed by atoms with Gasteiger partial charge in [-0.25, -0.2) is 17.5 Å². The van der Waals surface area contributed by atoms with Crippen molar-refractivity contribution in [3.8, 4) is 5.69 Å². The molecule has 0 aliphatic heterocycles. The second-order valence-electron chi connectivity index (χ2n) is 4.46. The molecule has 0 N–H and O–H groups in total. The molecule has 0 atom stereocenters. The third-order valence-electron chi connectivity index (χ3n) is 2.69. The SMILES string of the molecule is CC(C)c1nn(-c2ccccc2F)c(Cl)c1S(=O)(=O)Cl. The first-order chi connectivity index (χ1) is 9.23. The van der Waals surface area contributed by atoms with E-state index in [0.29, 0.717) is 0 Å². The second-order valence-corrected chi connectivity index (χ2v) is 7.32. The number of rotatable bonds is 3. The molecule has 1 aromatic heterocycles. The fraction of sp³-hybridized carbons (Fsp3) is 0.250. The Labute approximate surface area is 125 Å². The van der Waals surface area contributed by atoms with Gasteiger partial charge >= 0.3 is 0 Å². The van der Waals surface area contributed by atoms with Crippen molar-refractivity contribution in [2.45, 2.75) is 24.7 Å². The Morgan fingerprint density at radius 3 is 2.35 bits per heavy atom. The molecule has 2 aromatic rings. The van der Waals surface area contributed by atoms with Gasteiger partial charge in [0.1, 0.15) is 16.4 Å². The molecule has 0 aliphatic carbocycles. The van der Waals surface area contributed by atoms with E-state index in [1.54, 1.807) is 19.9 Å². The van der Waals surface area contributed by atoms with E-state index in [2.05, 4.69) is 5.10 Å². The monoisotopic (exact) mass is 336 g/mol. The predicted octanol–water partition coefficient (Wildman–Crippen LogP) is 3.72. The molecule has 0 spiro atoms. The summed E-state index contributed by atoms with van der Waals surface area (Å²) in [5, 5.41) is 3.86. The summed E-state index contributed by atoms with van der Waals surface area (Å²) in [5.74, 6) is -0.797. The average Bonchev–Trinajstić information content (AvgIpc) is 2.67. The maximum Gasteiger partial charge on any atom is 0.266 e. The Kier molecular flexibility index (Phi) is 4.09. The van der Waals surface area contributed by atoms with E-state index in [1.165, 1.54) is 18.2 Å². The molecule has 20 heavy (non-hydrogen) atoms. The lowest BCUT2D eigenvalue weighted by Gasteiger charge is -2.04. The van der Waals surface area contributed by atoms with Crippen LogP contribution in [0.4, 0.5) is 4.39 Å². The second kappa shape index (κ2) is 5.35. The van der Waals surface area contributed by atoms with Crippen LogP contribution in [0.1, 0.15) is 25.5 Å². The van der Waals surface area contributed by atoms with Crippen LogP contribution in [0.15, 0.2) is 29.2 Å². The van der Waals surface area contributed by atoms with Crippen LogP contribution in [0.5, 0.6) is 0 Å². The van der Waals surface area contributed by atoms with Gasteiger partial charge in [-0.1, -0.05) is 37.6 Å². The van der Waals surface area contributed by atoms with Gasteiger partial charge in [-0.15, -0.1) is 0 Å². The van der Waals surface area contributed by atoms with E-state index in [1.807, 2.05) is 0 Å². The Morgan fingerprint density at radius 2 is 1.90 bits per heavy atom. The summed E-state index contributed by atoms with van der Waals surface area (Å²) < 4.78 is 38.1. The van der Waals surface area contributed by atoms with Crippen molar-refractivity contribution < 1.29 is 12.8 Å². The van der Waals surface area contributed by atoms with E-state index in [0.717, 1.165) is 4.68 Å². The molecule has 0 aliphatic rings. The van der Waals surface area contributed by atoms with Gasteiger partial charge in [0.2, 0.25) is 0 Å². The third kappa shape index (κ3) is 2.68. The maximum absolute atomic E-state index is 13.8. The van der Waals surface area contributed by atoms with E-state index in [9.17, 15) is 12.8 Å². The molecule has 1 aromatic carbocycles. The van der Waals surface area contributed by atoms with Gasteiger partial charge in [0, 0.05) is 10.7 Å². The molecule has 8 heteroatoms. The fourth-order valence-corrected chi connectivity index (χ4v) is 3.70. The first kappa shape index (κ1) is 15.3. The predicted molar refractivity (Wildman–Crippen MR) is 75.7 cm³/mol. The molecule has 0 fully saturated rings. The smallest absolute Gasteiger partial charge is 0.218 e. The van der Waals surface area contributed by atoms with Crippen LogP contribution in [-0.4, -0.2) is 18.2 Å². The molecule has 108 valence electrons. The topological polar surface area (TPSA) is 52.0 Å². The van der Waals surface area contributed by atoms with Crippen molar-refractivity contribution >= 4 is 31.3 Å². The highest BCUT2D eigenvalue weighted by Gasteiger charge is 2.29. The highest BCUT2D eigenvalue weighted by Crippen LogP contribution is 2.34. The minimum atomic E-state index is -4.07. The zero-order chi connectivity index (χ0) is 15.1.